The molecular formula is C8H13F3N2O2. The Morgan fingerprint density at radius 2 is 2.13 bits per heavy atom. The number of ether oxygens (including phenoxy) is 1. The molecule has 0 saturated heterocycles. The zero-order valence-electron chi connectivity index (χ0n) is 8.23. The van der Waals surface area contributed by atoms with Crippen molar-refractivity contribution in [3.05, 3.63) is 0 Å². The van der Waals surface area contributed by atoms with Crippen LogP contribution in [0, 0.1) is 0 Å². The van der Waals surface area contributed by atoms with E-state index in [1.165, 1.54) is 7.11 Å². The van der Waals surface area contributed by atoms with Crippen LogP contribution >= 0.6 is 0 Å². The lowest BCUT2D eigenvalue weighted by molar-refractivity contribution is -0.148. The van der Waals surface area contributed by atoms with E-state index in [2.05, 4.69) is 5.32 Å². The Hall–Kier alpha value is -0.820. The van der Waals surface area contributed by atoms with E-state index in [0.717, 1.165) is 0 Å². The topological polar surface area (TPSA) is 64.3 Å². The first-order valence-electron chi connectivity index (χ1n) is 4.43. The summed E-state index contributed by atoms with van der Waals surface area (Å²) in [5, 5.41) is 2.16. The highest BCUT2D eigenvalue weighted by atomic mass is 19.4. The van der Waals surface area contributed by atoms with Crippen molar-refractivity contribution in [1.29, 1.82) is 0 Å². The van der Waals surface area contributed by atoms with Gasteiger partial charge in [-0.25, -0.2) is 0 Å². The van der Waals surface area contributed by atoms with Crippen LogP contribution < -0.4 is 11.1 Å². The summed E-state index contributed by atoms with van der Waals surface area (Å²) in [6, 6.07) is 0. The third-order valence-electron chi connectivity index (χ3n) is 2.58. The summed E-state index contributed by atoms with van der Waals surface area (Å²) in [5.41, 5.74) is 3.80. The molecule has 0 atom stereocenters. The first-order chi connectivity index (χ1) is 6.79. The van der Waals surface area contributed by atoms with Gasteiger partial charge >= 0.3 is 6.18 Å². The van der Waals surface area contributed by atoms with Crippen LogP contribution in [0.1, 0.15) is 12.8 Å². The molecule has 0 aromatic carbocycles. The summed E-state index contributed by atoms with van der Waals surface area (Å²) >= 11 is 0. The second-order valence-electron chi connectivity index (χ2n) is 3.68. The zero-order chi connectivity index (χ0) is 11.7. The van der Waals surface area contributed by atoms with Crippen LogP contribution in [-0.2, 0) is 9.53 Å². The van der Waals surface area contributed by atoms with Crippen LogP contribution in [0.2, 0.25) is 0 Å². The molecule has 0 unspecified atom stereocenters. The number of nitrogens with one attached hydrogen (secondary N) is 1. The molecular weight excluding hydrogens is 213 g/mol. The number of primary amides is 1. The summed E-state index contributed by atoms with van der Waals surface area (Å²) in [7, 11) is 1.44. The van der Waals surface area contributed by atoms with Gasteiger partial charge in [-0.1, -0.05) is 0 Å². The first-order valence-corrected chi connectivity index (χ1v) is 4.43. The Balaban J connectivity index is 2.51. The van der Waals surface area contributed by atoms with Gasteiger partial charge in [0.1, 0.15) is 5.54 Å². The second-order valence-corrected chi connectivity index (χ2v) is 3.68. The maximum Gasteiger partial charge on any atom is 0.401 e. The van der Waals surface area contributed by atoms with Gasteiger partial charge in [0, 0.05) is 20.0 Å². The summed E-state index contributed by atoms with van der Waals surface area (Å²) in [6.45, 7) is -1.22. The quantitative estimate of drug-likeness (QED) is 0.718. The Labute approximate surface area is 84.9 Å². The third kappa shape index (κ3) is 2.82. The van der Waals surface area contributed by atoms with E-state index < -0.39 is 24.2 Å². The molecule has 15 heavy (non-hydrogen) atoms. The molecule has 1 aliphatic rings. The van der Waals surface area contributed by atoms with Crippen molar-refractivity contribution in [2.24, 2.45) is 5.73 Å². The van der Waals surface area contributed by atoms with E-state index >= 15 is 0 Å². The predicted octanol–water partition coefficient (Wildman–Crippen LogP) is 0.171. The number of nitrogens with two attached hydrogens (primary N) is 1. The summed E-state index contributed by atoms with van der Waals surface area (Å²) < 4.78 is 40.7. The molecule has 0 spiro atoms. The molecule has 1 fully saturated rings. The van der Waals surface area contributed by atoms with Crippen molar-refractivity contribution in [3.8, 4) is 0 Å². The summed E-state index contributed by atoms with van der Waals surface area (Å²) in [4.78, 5) is 11.0. The van der Waals surface area contributed by atoms with Gasteiger partial charge in [-0.05, 0) is 0 Å². The number of carbonyl (C=O) groups excluding carboxylic acids is 1. The molecule has 88 valence electrons. The standard InChI is InChI=1S/C8H13F3N2O2/c1-15-5-2-7(3-5,6(12)14)13-4-8(9,10)11/h5,13H,2-4H2,1H3,(H2,12,14). The van der Waals surface area contributed by atoms with Crippen molar-refractivity contribution in [1.82, 2.24) is 5.32 Å². The molecule has 0 aromatic rings. The molecule has 3 N–H and O–H groups in total. The molecule has 7 heteroatoms. The number of hydrogen-bond acceptors (Lipinski definition) is 3. The molecule has 1 aliphatic carbocycles. The van der Waals surface area contributed by atoms with E-state index in [-0.39, 0.29) is 18.9 Å². The average Bonchev–Trinajstić information content (AvgIpc) is 1.99. The van der Waals surface area contributed by atoms with Crippen molar-refractivity contribution >= 4 is 5.91 Å². The van der Waals surface area contributed by atoms with Gasteiger partial charge in [0.15, 0.2) is 0 Å². The second kappa shape index (κ2) is 3.97. The van der Waals surface area contributed by atoms with Gasteiger partial charge in [0.05, 0.1) is 12.6 Å². The molecule has 0 aliphatic heterocycles. The Bertz CT molecular complexity index is 249. The Kier molecular flexibility index (Phi) is 3.25. The summed E-state index contributed by atoms with van der Waals surface area (Å²) in [5.74, 6) is -0.764. The first kappa shape index (κ1) is 12.3. The summed E-state index contributed by atoms with van der Waals surface area (Å²) in [6.07, 6.45) is -4.16. The fourth-order valence-electron chi connectivity index (χ4n) is 1.59. The highest BCUT2D eigenvalue weighted by molar-refractivity contribution is 5.86. The molecule has 1 amide bonds. The number of methoxy groups -OCH3 is 1. The fraction of sp³-hybridized carbons (Fsp3) is 0.875. The van der Waals surface area contributed by atoms with Crippen LogP contribution in [0.5, 0.6) is 0 Å². The molecule has 0 bridgehead atoms. The average molecular weight is 226 g/mol. The lowest BCUT2D eigenvalue weighted by Crippen LogP contribution is -2.66. The van der Waals surface area contributed by atoms with Crippen molar-refractivity contribution in [3.63, 3.8) is 0 Å². The number of rotatable bonds is 4. The molecule has 4 nitrogen and oxygen atoms in total. The molecule has 1 rings (SSSR count). The molecule has 0 aromatic heterocycles. The van der Waals surface area contributed by atoms with Crippen LogP contribution in [-0.4, -0.2) is 37.4 Å². The predicted molar refractivity (Wildman–Crippen MR) is 46.0 cm³/mol. The minimum Gasteiger partial charge on any atom is -0.381 e. The largest absolute Gasteiger partial charge is 0.401 e. The van der Waals surface area contributed by atoms with Gasteiger partial charge in [-0.3, -0.25) is 10.1 Å². The third-order valence-corrected chi connectivity index (χ3v) is 2.58. The number of carbonyl (C=O) groups is 1. The van der Waals surface area contributed by atoms with Gasteiger partial charge in [0.25, 0.3) is 0 Å². The van der Waals surface area contributed by atoms with Crippen molar-refractivity contribution < 1.29 is 22.7 Å². The smallest absolute Gasteiger partial charge is 0.381 e. The Morgan fingerprint density at radius 1 is 1.60 bits per heavy atom. The van der Waals surface area contributed by atoms with Crippen LogP contribution in [0.15, 0.2) is 0 Å². The van der Waals surface area contributed by atoms with Gasteiger partial charge < -0.3 is 10.5 Å². The highest BCUT2D eigenvalue weighted by Gasteiger charge is 2.50. The molecule has 0 heterocycles. The van der Waals surface area contributed by atoms with Crippen LogP contribution in [0.25, 0.3) is 0 Å². The Morgan fingerprint density at radius 3 is 2.47 bits per heavy atom. The lowest BCUT2D eigenvalue weighted by atomic mass is 9.73. The molecule has 1 saturated carbocycles. The zero-order valence-corrected chi connectivity index (χ0v) is 8.23. The number of amides is 1. The number of alkyl halides is 3. The van der Waals surface area contributed by atoms with Crippen molar-refractivity contribution in [2.75, 3.05) is 13.7 Å². The van der Waals surface area contributed by atoms with Gasteiger partial charge in [0.2, 0.25) is 5.91 Å². The highest BCUT2D eigenvalue weighted by Crippen LogP contribution is 2.34. The van der Waals surface area contributed by atoms with Crippen molar-refractivity contribution in [2.45, 2.75) is 30.7 Å². The molecule has 0 radical (unpaired) electrons. The minimum absolute atomic E-state index is 0.189. The van der Waals surface area contributed by atoms with Gasteiger partial charge in [-0.15, -0.1) is 0 Å². The van der Waals surface area contributed by atoms with E-state index in [9.17, 15) is 18.0 Å². The fourth-order valence-corrected chi connectivity index (χ4v) is 1.59. The van der Waals surface area contributed by atoms with E-state index in [0.29, 0.717) is 0 Å². The van der Waals surface area contributed by atoms with E-state index in [4.69, 9.17) is 10.5 Å². The maximum atomic E-state index is 11.9. The normalized spacial score (nSPS) is 31.1. The van der Waals surface area contributed by atoms with E-state index in [1.54, 1.807) is 0 Å². The van der Waals surface area contributed by atoms with E-state index in [1.807, 2.05) is 0 Å². The minimum atomic E-state index is -4.35. The maximum absolute atomic E-state index is 11.9. The van der Waals surface area contributed by atoms with Crippen LogP contribution in [0.4, 0.5) is 13.2 Å². The monoisotopic (exact) mass is 226 g/mol. The number of halogens is 3. The number of hydrogen-bond donors (Lipinski definition) is 2. The van der Waals surface area contributed by atoms with Crippen LogP contribution in [0.3, 0.4) is 0 Å². The lowest BCUT2D eigenvalue weighted by Gasteiger charge is -2.45. The van der Waals surface area contributed by atoms with Gasteiger partial charge in [-0.2, -0.15) is 13.2 Å². The SMILES string of the molecule is COC1CC(NCC(F)(F)F)(C(N)=O)C1.